The van der Waals surface area contributed by atoms with Gasteiger partial charge in [0.25, 0.3) is 0 Å². The zero-order valence-corrected chi connectivity index (χ0v) is 8.67. The molecule has 0 saturated carbocycles. The quantitative estimate of drug-likeness (QED) is 0.807. The van der Waals surface area contributed by atoms with Crippen LogP contribution in [0.5, 0.6) is 0 Å². The second kappa shape index (κ2) is 4.39. The smallest absolute Gasteiger partial charge is 0.339 e. The van der Waals surface area contributed by atoms with E-state index in [4.69, 9.17) is 5.11 Å². The van der Waals surface area contributed by atoms with Gasteiger partial charge in [0.2, 0.25) is 0 Å². The maximum atomic E-state index is 11.3. The third-order valence-electron chi connectivity index (χ3n) is 1.66. The Morgan fingerprint density at radius 1 is 1.62 bits per heavy atom. The fraction of sp³-hybridized carbons (Fsp3) is 0.222. The van der Waals surface area contributed by atoms with E-state index in [1.165, 1.54) is 7.11 Å². The van der Waals surface area contributed by atoms with Crippen LogP contribution < -0.4 is 0 Å². The Hall–Kier alpha value is -0.870. The summed E-state index contributed by atoms with van der Waals surface area (Å²) in [7, 11) is 1.31. The molecule has 1 N–H and O–H groups in total. The van der Waals surface area contributed by atoms with E-state index in [0.717, 1.165) is 0 Å². The summed E-state index contributed by atoms with van der Waals surface area (Å²) in [6.07, 6.45) is 0. The number of esters is 1. The number of benzene rings is 1. The third-order valence-corrected chi connectivity index (χ3v) is 2.32. The first-order chi connectivity index (χ1) is 6.20. The van der Waals surface area contributed by atoms with Gasteiger partial charge >= 0.3 is 5.97 Å². The third kappa shape index (κ3) is 2.08. The van der Waals surface area contributed by atoms with Gasteiger partial charge in [0.05, 0.1) is 19.3 Å². The van der Waals surface area contributed by atoms with E-state index in [2.05, 4.69) is 20.7 Å². The molecule has 0 radical (unpaired) electrons. The molecule has 3 nitrogen and oxygen atoms in total. The molecular weight excluding hydrogens is 236 g/mol. The molecule has 0 amide bonds. The summed E-state index contributed by atoms with van der Waals surface area (Å²) in [5.74, 6) is -0.448. The van der Waals surface area contributed by atoms with Crippen molar-refractivity contribution in [1.82, 2.24) is 0 Å². The van der Waals surface area contributed by atoms with Crippen LogP contribution in [-0.4, -0.2) is 18.2 Å². The lowest BCUT2D eigenvalue weighted by molar-refractivity contribution is 0.0596. The monoisotopic (exact) mass is 244 g/mol. The predicted molar refractivity (Wildman–Crippen MR) is 51.4 cm³/mol. The highest BCUT2D eigenvalue weighted by Gasteiger charge is 2.14. The van der Waals surface area contributed by atoms with Gasteiger partial charge < -0.3 is 9.84 Å². The molecule has 4 heteroatoms. The summed E-state index contributed by atoms with van der Waals surface area (Å²) < 4.78 is 5.21. The lowest BCUT2D eigenvalue weighted by atomic mass is 10.1. The molecule has 0 aliphatic carbocycles. The van der Waals surface area contributed by atoms with Crippen molar-refractivity contribution >= 4 is 21.9 Å². The molecule has 0 bridgehead atoms. The highest BCUT2D eigenvalue weighted by molar-refractivity contribution is 9.10. The topological polar surface area (TPSA) is 46.5 Å². The van der Waals surface area contributed by atoms with Crippen LogP contribution in [0.2, 0.25) is 0 Å². The zero-order valence-electron chi connectivity index (χ0n) is 7.08. The maximum Gasteiger partial charge on any atom is 0.339 e. The van der Waals surface area contributed by atoms with Crippen molar-refractivity contribution in [2.75, 3.05) is 7.11 Å². The van der Waals surface area contributed by atoms with Gasteiger partial charge in [-0.1, -0.05) is 12.1 Å². The Labute approximate surface area is 84.5 Å². The van der Waals surface area contributed by atoms with Gasteiger partial charge in [-0.05, 0) is 27.6 Å². The van der Waals surface area contributed by atoms with Gasteiger partial charge in [0.15, 0.2) is 0 Å². The predicted octanol–water partition coefficient (Wildman–Crippen LogP) is 1.73. The van der Waals surface area contributed by atoms with Crippen LogP contribution in [0.1, 0.15) is 15.9 Å². The number of aliphatic hydroxyl groups excluding tert-OH is 1. The summed E-state index contributed by atoms with van der Waals surface area (Å²) in [6, 6.07) is 5.16. The summed E-state index contributed by atoms with van der Waals surface area (Å²) in [5, 5.41) is 8.96. The van der Waals surface area contributed by atoms with Crippen LogP contribution in [0.4, 0.5) is 0 Å². The minimum atomic E-state index is -0.448. The summed E-state index contributed by atoms with van der Waals surface area (Å²) in [6.45, 7) is -0.177. The minimum absolute atomic E-state index is 0.177. The first-order valence-corrected chi connectivity index (χ1v) is 4.46. The Morgan fingerprint density at radius 3 is 2.85 bits per heavy atom. The number of carbonyl (C=O) groups is 1. The fourth-order valence-electron chi connectivity index (χ4n) is 1.03. The molecule has 0 heterocycles. The average molecular weight is 245 g/mol. The second-order valence-electron chi connectivity index (χ2n) is 2.42. The Balaban J connectivity index is 3.22. The minimum Gasteiger partial charge on any atom is -0.465 e. The largest absolute Gasteiger partial charge is 0.465 e. The molecular formula is C9H9BrO3. The lowest BCUT2D eigenvalue weighted by Crippen LogP contribution is -2.06. The molecule has 0 fully saturated rings. The van der Waals surface area contributed by atoms with Crippen LogP contribution >= 0.6 is 15.9 Å². The summed E-state index contributed by atoms with van der Waals surface area (Å²) in [4.78, 5) is 11.3. The molecule has 1 aromatic carbocycles. The molecule has 0 saturated heterocycles. The van der Waals surface area contributed by atoms with Gasteiger partial charge in [0, 0.05) is 4.47 Å². The fourth-order valence-corrected chi connectivity index (χ4v) is 1.60. The van der Waals surface area contributed by atoms with Gasteiger partial charge in [-0.3, -0.25) is 0 Å². The van der Waals surface area contributed by atoms with Gasteiger partial charge in [-0.2, -0.15) is 0 Å². The van der Waals surface area contributed by atoms with E-state index in [-0.39, 0.29) is 6.61 Å². The van der Waals surface area contributed by atoms with Crippen LogP contribution in [0, 0.1) is 0 Å². The molecule has 0 aliphatic rings. The summed E-state index contributed by atoms with van der Waals surface area (Å²) in [5.41, 5.74) is 0.939. The van der Waals surface area contributed by atoms with Gasteiger partial charge in [0.1, 0.15) is 0 Å². The summed E-state index contributed by atoms with van der Waals surface area (Å²) >= 11 is 3.22. The molecule has 0 unspecified atom stereocenters. The molecule has 0 atom stereocenters. The van der Waals surface area contributed by atoms with Crippen LogP contribution in [0.25, 0.3) is 0 Å². The normalized spacial score (nSPS) is 9.77. The molecule has 13 heavy (non-hydrogen) atoms. The Bertz CT molecular complexity index is 323. The van der Waals surface area contributed by atoms with E-state index in [1.807, 2.05) is 0 Å². The SMILES string of the molecule is COC(=O)c1c(Br)cccc1CO. The lowest BCUT2D eigenvalue weighted by Gasteiger charge is -2.06. The van der Waals surface area contributed by atoms with Crippen molar-refractivity contribution < 1.29 is 14.6 Å². The molecule has 0 aliphatic heterocycles. The van der Waals surface area contributed by atoms with Crippen molar-refractivity contribution in [2.45, 2.75) is 6.61 Å². The molecule has 1 rings (SSSR count). The number of carbonyl (C=O) groups excluding carboxylic acids is 1. The van der Waals surface area contributed by atoms with Crippen molar-refractivity contribution in [3.63, 3.8) is 0 Å². The van der Waals surface area contributed by atoms with Crippen molar-refractivity contribution in [2.24, 2.45) is 0 Å². The van der Waals surface area contributed by atoms with Crippen LogP contribution in [-0.2, 0) is 11.3 Å². The number of methoxy groups -OCH3 is 1. The zero-order chi connectivity index (χ0) is 9.84. The van der Waals surface area contributed by atoms with E-state index in [9.17, 15) is 4.79 Å². The van der Waals surface area contributed by atoms with Crippen molar-refractivity contribution in [3.05, 3.63) is 33.8 Å². The molecule has 70 valence electrons. The Kier molecular flexibility index (Phi) is 3.45. The molecule has 0 spiro atoms. The number of hydrogen-bond donors (Lipinski definition) is 1. The van der Waals surface area contributed by atoms with Crippen LogP contribution in [0.3, 0.4) is 0 Å². The maximum absolute atomic E-state index is 11.3. The molecule has 1 aromatic rings. The van der Waals surface area contributed by atoms with E-state index < -0.39 is 5.97 Å². The second-order valence-corrected chi connectivity index (χ2v) is 3.28. The Morgan fingerprint density at radius 2 is 2.31 bits per heavy atom. The van der Waals surface area contributed by atoms with Gasteiger partial charge in [-0.15, -0.1) is 0 Å². The standard InChI is InChI=1S/C9H9BrO3/c1-13-9(12)8-6(5-11)3-2-4-7(8)10/h2-4,11H,5H2,1H3. The number of halogens is 1. The van der Waals surface area contributed by atoms with Gasteiger partial charge in [-0.25, -0.2) is 4.79 Å². The van der Waals surface area contributed by atoms with Crippen LogP contribution in [0.15, 0.2) is 22.7 Å². The highest BCUT2D eigenvalue weighted by atomic mass is 79.9. The van der Waals surface area contributed by atoms with Crippen molar-refractivity contribution in [3.8, 4) is 0 Å². The van der Waals surface area contributed by atoms with E-state index in [1.54, 1.807) is 18.2 Å². The van der Waals surface area contributed by atoms with Crippen molar-refractivity contribution in [1.29, 1.82) is 0 Å². The number of rotatable bonds is 2. The molecule has 0 aromatic heterocycles. The number of ether oxygens (including phenoxy) is 1. The number of aliphatic hydroxyl groups is 1. The van der Waals surface area contributed by atoms with E-state index in [0.29, 0.717) is 15.6 Å². The highest BCUT2D eigenvalue weighted by Crippen LogP contribution is 2.21. The number of hydrogen-bond acceptors (Lipinski definition) is 3. The first-order valence-electron chi connectivity index (χ1n) is 3.67. The first kappa shape index (κ1) is 10.2. The average Bonchev–Trinajstić information content (AvgIpc) is 2.16. The van der Waals surface area contributed by atoms with E-state index >= 15 is 0 Å².